The van der Waals surface area contributed by atoms with Crippen molar-refractivity contribution in [2.24, 2.45) is 0 Å². The van der Waals surface area contributed by atoms with Crippen LogP contribution in [0.25, 0.3) is 0 Å². The molecule has 0 unspecified atom stereocenters. The van der Waals surface area contributed by atoms with Crippen molar-refractivity contribution in [2.45, 2.75) is 0 Å². The van der Waals surface area contributed by atoms with Crippen LogP contribution in [0.1, 0.15) is 10.4 Å². The summed E-state index contributed by atoms with van der Waals surface area (Å²) in [5.41, 5.74) is 0.568. The Balaban J connectivity index is 1.92. The first-order chi connectivity index (χ1) is 8.75. The van der Waals surface area contributed by atoms with Gasteiger partial charge in [-0.1, -0.05) is 0 Å². The van der Waals surface area contributed by atoms with Crippen LogP contribution in [0.5, 0.6) is 11.5 Å². The first kappa shape index (κ1) is 11.3. The van der Waals surface area contributed by atoms with E-state index in [1.165, 1.54) is 6.07 Å². The topological polar surface area (TPSA) is 55.8 Å². The Bertz CT molecular complexity index is 611. The molecule has 5 heteroatoms. The van der Waals surface area contributed by atoms with Gasteiger partial charge in [0.2, 0.25) is 0 Å². The maximum absolute atomic E-state index is 11.6. The SMILES string of the molecule is O=C1OI(Oc2ccccc2O)c2ccccc21. The molecule has 0 saturated carbocycles. The summed E-state index contributed by atoms with van der Waals surface area (Å²) in [5, 5.41) is 9.64. The summed E-state index contributed by atoms with van der Waals surface area (Å²) in [6.07, 6.45) is 0. The molecule has 4 nitrogen and oxygen atoms in total. The van der Waals surface area contributed by atoms with Gasteiger partial charge in [0, 0.05) is 0 Å². The monoisotopic (exact) mass is 356 g/mol. The number of aromatic hydroxyl groups is 1. The Morgan fingerprint density at radius 3 is 2.61 bits per heavy atom. The molecule has 0 aromatic heterocycles. The summed E-state index contributed by atoms with van der Waals surface area (Å²) in [6, 6.07) is 13.9. The first-order valence-corrected chi connectivity index (χ1v) is 8.08. The second-order valence-electron chi connectivity index (χ2n) is 3.61. The number of phenolic OH excluding ortho intramolecular Hbond substituents is 1. The molecule has 0 amide bonds. The van der Waals surface area contributed by atoms with E-state index in [1.54, 1.807) is 30.3 Å². The van der Waals surface area contributed by atoms with E-state index in [0.29, 0.717) is 11.3 Å². The number of fused-ring (bicyclic) bond motifs is 1. The average molecular weight is 356 g/mol. The molecular weight excluding hydrogens is 347 g/mol. The quantitative estimate of drug-likeness (QED) is 0.840. The van der Waals surface area contributed by atoms with E-state index in [-0.39, 0.29) is 11.7 Å². The van der Waals surface area contributed by atoms with E-state index in [1.807, 2.05) is 12.1 Å². The van der Waals surface area contributed by atoms with E-state index >= 15 is 0 Å². The number of benzene rings is 2. The number of carbonyl (C=O) groups is 1. The third-order valence-electron chi connectivity index (χ3n) is 2.42. The van der Waals surface area contributed by atoms with Crippen LogP contribution in [0, 0.1) is 3.57 Å². The molecule has 0 saturated heterocycles. The predicted octanol–water partition coefficient (Wildman–Crippen LogP) is 3.15. The van der Waals surface area contributed by atoms with Crippen molar-refractivity contribution in [2.75, 3.05) is 0 Å². The van der Waals surface area contributed by atoms with E-state index in [4.69, 9.17) is 6.13 Å². The van der Waals surface area contributed by atoms with Gasteiger partial charge in [0.05, 0.1) is 0 Å². The van der Waals surface area contributed by atoms with Crippen molar-refractivity contribution >= 4 is 26.6 Å². The molecule has 0 atom stereocenters. The third kappa shape index (κ3) is 1.90. The van der Waals surface area contributed by atoms with E-state index < -0.39 is 20.6 Å². The number of hydrogen-bond donors (Lipinski definition) is 1. The first-order valence-electron chi connectivity index (χ1n) is 5.24. The molecular formula is C13H9IO4. The van der Waals surface area contributed by atoms with Crippen molar-refractivity contribution in [3.05, 3.63) is 57.7 Å². The number of carbonyl (C=O) groups excluding carboxylic acids is 1. The molecule has 1 N–H and O–H groups in total. The second kappa shape index (κ2) is 4.49. The zero-order chi connectivity index (χ0) is 12.5. The summed E-state index contributed by atoms with van der Waals surface area (Å²) >= 11 is -2.49. The Morgan fingerprint density at radius 2 is 1.78 bits per heavy atom. The van der Waals surface area contributed by atoms with Gasteiger partial charge in [-0.15, -0.1) is 0 Å². The van der Waals surface area contributed by atoms with Crippen LogP contribution in [0.2, 0.25) is 0 Å². The minimum atomic E-state index is -2.49. The minimum absolute atomic E-state index is 0.0511. The van der Waals surface area contributed by atoms with Crippen molar-refractivity contribution in [3.63, 3.8) is 0 Å². The van der Waals surface area contributed by atoms with Gasteiger partial charge in [0.25, 0.3) is 0 Å². The fraction of sp³-hybridized carbons (Fsp3) is 0. The zero-order valence-electron chi connectivity index (χ0n) is 9.17. The fourth-order valence-electron chi connectivity index (χ4n) is 1.56. The number of rotatable bonds is 2. The second-order valence-corrected chi connectivity index (χ2v) is 6.89. The summed E-state index contributed by atoms with van der Waals surface area (Å²) < 4.78 is 11.8. The van der Waals surface area contributed by atoms with E-state index in [0.717, 1.165) is 3.57 Å². The predicted molar refractivity (Wildman–Crippen MR) is 73.3 cm³/mol. The number of halogens is 1. The van der Waals surface area contributed by atoms with Crippen LogP contribution in [0.4, 0.5) is 0 Å². The molecule has 2 aromatic carbocycles. The summed E-state index contributed by atoms with van der Waals surface area (Å²) in [4.78, 5) is 11.6. The molecule has 1 aliphatic rings. The molecule has 18 heavy (non-hydrogen) atoms. The van der Waals surface area contributed by atoms with Gasteiger partial charge < -0.3 is 0 Å². The fourth-order valence-corrected chi connectivity index (χ4v) is 4.91. The molecule has 0 fully saturated rings. The van der Waals surface area contributed by atoms with Crippen molar-refractivity contribution in [1.29, 1.82) is 0 Å². The normalized spacial score (nSPS) is 15.1. The summed E-state index contributed by atoms with van der Waals surface area (Å²) in [6.45, 7) is 0. The number of para-hydroxylation sites is 2. The van der Waals surface area contributed by atoms with Gasteiger partial charge in [0.15, 0.2) is 0 Å². The van der Waals surface area contributed by atoms with Crippen molar-refractivity contribution in [1.82, 2.24) is 0 Å². The molecule has 1 heterocycles. The van der Waals surface area contributed by atoms with Gasteiger partial charge in [0.1, 0.15) is 0 Å². The Labute approximate surface area is 112 Å². The average Bonchev–Trinajstić information content (AvgIpc) is 2.70. The molecule has 0 radical (unpaired) electrons. The van der Waals surface area contributed by atoms with Gasteiger partial charge in [-0.25, -0.2) is 0 Å². The zero-order valence-corrected chi connectivity index (χ0v) is 11.3. The maximum atomic E-state index is 11.6. The Kier molecular flexibility index (Phi) is 2.83. The molecule has 1 aliphatic heterocycles. The molecule has 0 bridgehead atoms. The molecule has 92 valence electrons. The Hall–Kier alpha value is -1.76. The standard InChI is InChI=1S/C13H9IO4/c15-11-7-3-4-8-12(11)17-14-10-6-2-1-5-9(10)13(16)18-14/h1-8,15H. The van der Waals surface area contributed by atoms with Crippen molar-refractivity contribution in [3.8, 4) is 11.5 Å². The van der Waals surface area contributed by atoms with Crippen LogP contribution in [-0.4, -0.2) is 11.1 Å². The van der Waals surface area contributed by atoms with Gasteiger partial charge in [-0.05, 0) is 0 Å². The van der Waals surface area contributed by atoms with Crippen molar-refractivity contribution < 1.29 is 16.0 Å². The number of hydrogen-bond acceptors (Lipinski definition) is 4. The van der Waals surface area contributed by atoms with Gasteiger partial charge in [-0.2, -0.15) is 0 Å². The van der Waals surface area contributed by atoms with Crippen LogP contribution in [0.3, 0.4) is 0 Å². The molecule has 0 spiro atoms. The molecule has 0 aliphatic carbocycles. The van der Waals surface area contributed by atoms with E-state index in [9.17, 15) is 9.90 Å². The van der Waals surface area contributed by atoms with E-state index in [2.05, 4.69) is 0 Å². The number of phenols is 1. The molecule has 2 aromatic rings. The summed E-state index contributed by atoms with van der Waals surface area (Å²) in [5.74, 6) is 0.0636. The van der Waals surface area contributed by atoms with Crippen LogP contribution in [-0.2, 0) is 3.07 Å². The molecule has 3 rings (SSSR count). The van der Waals surface area contributed by atoms with Crippen LogP contribution >= 0.6 is 20.6 Å². The van der Waals surface area contributed by atoms with Crippen LogP contribution in [0.15, 0.2) is 48.5 Å². The summed E-state index contributed by atoms with van der Waals surface area (Å²) in [7, 11) is 0. The Morgan fingerprint density at radius 1 is 1.06 bits per heavy atom. The van der Waals surface area contributed by atoms with Gasteiger partial charge in [-0.3, -0.25) is 0 Å². The van der Waals surface area contributed by atoms with Gasteiger partial charge >= 0.3 is 112 Å². The third-order valence-corrected chi connectivity index (χ3v) is 5.98. The van der Waals surface area contributed by atoms with Crippen LogP contribution < -0.4 is 3.07 Å².